The summed E-state index contributed by atoms with van der Waals surface area (Å²) in [4.78, 5) is 9.56. The van der Waals surface area contributed by atoms with Gasteiger partial charge in [0.1, 0.15) is 0 Å². The number of nitrogens with one attached hydrogen (secondary N) is 1. The molecule has 4 aromatic rings. The van der Waals surface area contributed by atoms with Crippen LogP contribution in [0.15, 0.2) is 47.6 Å². The van der Waals surface area contributed by atoms with Gasteiger partial charge in [0, 0.05) is 42.9 Å². The summed E-state index contributed by atoms with van der Waals surface area (Å²) >= 11 is 0. The van der Waals surface area contributed by atoms with Gasteiger partial charge in [-0.25, -0.2) is 9.98 Å². The van der Waals surface area contributed by atoms with E-state index < -0.39 is 6.17 Å². The molecule has 2 aliphatic rings. The summed E-state index contributed by atoms with van der Waals surface area (Å²) in [6.07, 6.45) is 2.25. The standard InChI is InChI=1S/C23H23N7O2/c1-13-4-5-14(15(10-13)17-6-7-25-29(17)2)21-27-22(24)28-23-26-16-11-19-20(12-18(16)30(21)23)32-9-3-8-31-19/h4-7,10-12,21H,3,8-9H2,1-2H3,(H3,24,26,27,28). The third kappa shape index (κ3) is 2.89. The lowest BCUT2D eigenvalue weighted by molar-refractivity contribution is 0.297. The SMILES string of the molecule is Cc1ccc(C2N=C(N)Nc3nc4cc5c(cc4n32)OCCCO5)c(-c2ccnn2C)c1. The Bertz CT molecular complexity index is 1380. The zero-order chi connectivity index (χ0) is 21.8. The fourth-order valence-corrected chi connectivity index (χ4v) is 4.39. The van der Waals surface area contributed by atoms with Gasteiger partial charge in [0.15, 0.2) is 23.6 Å². The van der Waals surface area contributed by atoms with Crippen molar-refractivity contribution in [3.05, 3.63) is 53.7 Å². The van der Waals surface area contributed by atoms with Crippen LogP contribution in [0.1, 0.15) is 23.7 Å². The molecular weight excluding hydrogens is 406 g/mol. The molecule has 0 saturated heterocycles. The van der Waals surface area contributed by atoms with Crippen LogP contribution in [0.2, 0.25) is 0 Å². The lowest BCUT2D eigenvalue weighted by atomic mass is 9.99. The van der Waals surface area contributed by atoms with E-state index in [-0.39, 0.29) is 0 Å². The number of hydrogen-bond donors (Lipinski definition) is 2. The van der Waals surface area contributed by atoms with Gasteiger partial charge in [0.05, 0.1) is 29.9 Å². The Labute approximate surface area is 184 Å². The van der Waals surface area contributed by atoms with Gasteiger partial charge in [0.25, 0.3) is 0 Å². The lowest BCUT2D eigenvalue weighted by Crippen LogP contribution is -2.31. The molecule has 4 heterocycles. The molecule has 0 aliphatic carbocycles. The Morgan fingerprint density at radius 2 is 1.91 bits per heavy atom. The van der Waals surface area contributed by atoms with Crippen molar-refractivity contribution < 1.29 is 9.47 Å². The van der Waals surface area contributed by atoms with Crippen LogP contribution in [-0.2, 0) is 7.05 Å². The minimum absolute atomic E-state index is 0.323. The first-order valence-electron chi connectivity index (χ1n) is 10.6. The van der Waals surface area contributed by atoms with Gasteiger partial charge in [-0.3, -0.25) is 14.6 Å². The molecule has 6 rings (SSSR count). The van der Waals surface area contributed by atoms with E-state index in [0.717, 1.165) is 45.6 Å². The number of anilines is 1. The monoisotopic (exact) mass is 429 g/mol. The first kappa shape index (κ1) is 18.7. The van der Waals surface area contributed by atoms with Gasteiger partial charge >= 0.3 is 0 Å². The van der Waals surface area contributed by atoms with Crippen LogP contribution in [0.25, 0.3) is 22.3 Å². The van der Waals surface area contributed by atoms with Gasteiger partial charge < -0.3 is 15.2 Å². The third-order valence-corrected chi connectivity index (χ3v) is 5.89. The molecule has 162 valence electrons. The van der Waals surface area contributed by atoms with Gasteiger partial charge in [-0.05, 0) is 19.1 Å². The number of guanidine groups is 1. The van der Waals surface area contributed by atoms with E-state index in [4.69, 9.17) is 25.2 Å². The number of aromatic nitrogens is 4. The Balaban J connectivity index is 1.58. The largest absolute Gasteiger partial charge is 0.489 e. The van der Waals surface area contributed by atoms with E-state index in [9.17, 15) is 0 Å². The topological polar surface area (TPSA) is 105 Å². The van der Waals surface area contributed by atoms with Crippen LogP contribution in [0.3, 0.4) is 0 Å². The summed E-state index contributed by atoms with van der Waals surface area (Å²) in [5.41, 5.74) is 12.1. The van der Waals surface area contributed by atoms with E-state index in [0.29, 0.717) is 30.9 Å². The maximum absolute atomic E-state index is 6.19. The van der Waals surface area contributed by atoms with E-state index in [1.54, 1.807) is 6.20 Å². The van der Waals surface area contributed by atoms with E-state index >= 15 is 0 Å². The molecule has 0 saturated carbocycles. The first-order chi connectivity index (χ1) is 15.6. The second kappa shape index (κ2) is 7.01. The van der Waals surface area contributed by atoms with Crippen molar-refractivity contribution in [3.63, 3.8) is 0 Å². The molecule has 3 N–H and O–H groups in total. The normalized spacial score (nSPS) is 17.4. The Hall–Kier alpha value is -4.01. The van der Waals surface area contributed by atoms with Gasteiger partial charge in [-0.1, -0.05) is 17.7 Å². The van der Waals surface area contributed by atoms with Crippen molar-refractivity contribution >= 4 is 22.9 Å². The van der Waals surface area contributed by atoms with Crippen molar-refractivity contribution in [3.8, 4) is 22.8 Å². The molecule has 2 aliphatic heterocycles. The van der Waals surface area contributed by atoms with Crippen molar-refractivity contribution in [1.29, 1.82) is 0 Å². The number of fused-ring (bicyclic) bond motifs is 4. The number of benzene rings is 2. The molecule has 1 atom stereocenters. The average Bonchev–Trinajstić information content (AvgIpc) is 3.26. The summed E-state index contributed by atoms with van der Waals surface area (Å²) < 4.78 is 15.7. The zero-order valence-corrected chi connectivity index (χ0v) is 17.9. The predicted molar refractivity (Wildman–Crippen MR) is 122 cm³/mol. The maximum atomic E-state index is 6.19. The first-order valence-corrected chi connectivity index (χ1v) is 10.6. The van der Waals surface area contributed by atoms with Crippen molar-refractivity contribution in [2.75, 3.05) is 18.5 Å². The number of aryl methyl sites for hydroxylation is 2. The van der Waals surface area contributed by atoms with Crippen molar-refractivity contribution in [1.82, 2.24) is 19.3 Å². The number of imidazole rings is 1. The Kier molecular flexibility index (Phi) is 4.11. The molecule has 1 unspecified atom stereocenters. The van der Waals surface area contributed by atoms with Crippen LogP contribution in [0, 0.1) is 6.92 Å². The molecule has 9 heteroatoms. The summed E-state index contributed by atoms with van der Waals surface area (Å²) in [7, 11) is 1.94. The minimum Gasteiger partial charge on any atom is -0.489 e. The van der Waals surface area contributed by atoms with Gasteiger partial charge in [-0.15, -0.1) is 0 Å². The molecule has 0 radical (unpaired) electrons. The second-order valence-electron chi connectivity index (χ2n) is 8.09. The van der Waals surface area contributed by atoms with Crippen LogP contribution >= 0.6 is 0 Å². The summed E-state index contributed by atoms with van der Waals surface area (Å²) in [5.74, 6) is 2.38. The highest BCUT2D eigenvalue weighted by atomic mass is 16.5. The second-order valence-corrected chi connectivity index (χ2v) is 8.09. The molecule has 32 heavy (non-hydrogen) atoms. The number of ether oxygens (including phenoxy) is 2. The Morgan fingerprint density at radius 3 is 2.69 bits per heavy atom. The molecule has 9 nitrogen and oxygen atoms in total. The number of nitrogens with zero attached hydrogens (tertiary/aromatic N) is 5. The summed E-state index contributed by atoms with van der Waals surface area (Å²) in [6.45, 7) is 3.32. The molecule has 2 aromatic carbocycles. The number of rotatable bonds is 2. The summed E-state index contributed by atoms with van der Waals surface area (Å²) in [5, 5.41) is 7.47. The Morgan fingerprint density at radius 1 is 1.09 bits per heavy atom. The zero-order valence-electron chi connectivity index (χ0n) is 17.9. The summed E-state index contributed by atoms with van der Waals surface area (Å²) in [6, 6.07) is 12.3. The van der Waals surface area contributed by atoms with Gasteiger partial charge in [0.2, 0.25) is 5.95 Å². The fraction of sp³-hybridized carbons (Fsp3) is 0.261. The third-order valence-electron chi connectivity index (χ3n) is 5.89. The highest BCUT2D eigenvalue weighted by molar-refractivity contribution is 5.95. The molecule has 0 spiro atoms. The van der Waals surface area contributed by atoms with Crippen LogP contribution in [-0.4, -0.2) is 38.5 Å². The smallest absolute Gasteiger partial charge is 0.212 e. The molecule has 2 aromatic heterocycles. The highest BCUT2D eigenvalue weighted by Crippen LogP contribution is 2.41. The van der Waals surface area contributed by atoms with Crippen molar-refractivity contribution in [2.45, 2.75) is 19.5 Å². The lowest BCUT2D eigenvalue weighted by Gasteiger charge is -2.26. The molecular formula is C23H23N7O2. The van der Waals surface area contributed by atoms with Crippen molar-refractivity contribution in [2.24, 2.45) is 17.8 Å². The number of aliphatic imine (C=N–C) groups is 1. The van der Waals surface area contributed by atoms with Crippen LogP contribution < -0.4 is 20.5 Å². The van der Waals surface area contributed by atoms with E-state index in [1.807, 2.05) is 29.9 Å². The van der Waals surface area contributed by atoms with E-state index in [1.165, 1.54) is 0 Å². The molecule has 0 fully saturated rings. The molecule has 0 bridgehead atoms. The quantitative estimate of drug-likeness (QED) is 0.507. The predicted octanol–water partition coefficient (Wildman–Crippen LogP) is 3.19. The molecule has 0 amide bonds. The minimum atomic E-state index is -0.397. The number of nitrogens with two attached hydrogens (primary N) is 1. The average molecular weight is 429 g/mol. The van der Waals surface area contributed by atoms with Crippen LogP contribution in [0.4, 0.5) is 5.95 Å². The van der Waals surface area contributed by atoms with Crippen LogP contribution in [0.5, 0.6) is 11.5 Å². The highest BCUT2D eigenvalue weighted by Gasteiger charge is 2.29. The van der Waals surface area contributed by atoms with E-state index in [2.05, 4.69) is 40.1 Å². The van der Waals surface area contributed by atoms with Gasteiger partial charge in [-0.2, -0.15) is 5.10 Å². The number of hydrogen-bond acceptors (Lipinski definition) is 7. The fourth-order valence-electron chi connectivity index (χ4n) is 4.39. The maximum Gasteiger partial charge on any atom is 0.212 e.